The summed E-state index contributed by atoms with van der Waals surface area (Å²) in [5.74, 6) is 0. The van der Waals surface area contributed by atoms with E-state index in [1.807, 2.05) is 0 Å². The first-order chi connectivity index (χ1) is 26.8. The quantitative estimate of drug-likeness (QED) is 0.162. The molecule has 1 heterocycles. The van der Waals surface area contributed by atoms with Crippen molar-refractivity contribution in [1.29, 1.82) is 0 Å². The van der Waals surface area contributed by atoms with Crippen LogP contribution in [0.25, 0.3) is 71.6 Å². The zero-order valence-electron chi connectivity index (χ0n) is 29.7. The van der Waals surface area contributed by atoms with E-state index in [1.165, 1.54) is 60.4 Å². The fourth-order valence-corrected chi connectivity index (χ4v) is 8.06. The molecule has 0 bridgehead atoms. The van der Waals surface area contributed by atoms with E-state index in [2.05, 4.69) is 228 Å². The van der Waals surface area contributed by atoms with E-state index in [1.54, 1.807) is 0 Å². The molecule has 0 radical (unpaired) electrons. The summed E-state index contributed by atoms with van der Waals surface area (Å²) >= 11 is 0. The van der Waals surface area contributed by atoms with Gasteiger partial charge in [0.1, 0.15) is 0 Å². The van der Waals surface area contributed by atoms with Crippen LogP contribution in [0, 0.1) is 0 Å². The molecule has 2 heteroatoms. The van der Waals surface area contributed by atoms with E-state index in [9.17, 15) is 0 Å². The second-order valence-corrected chi connectivity index (χ2v) is 13.8. The Balaban J connectivity index is 1.17. The lowest BCUT2D eigenvalue weighted by Gasteiger charge is -2.26. The molecular weight excluding hydrogens is 653 g/mol. The molecule has 0 unspecified atom stereocenters. The van der Waals surface area contributed by atoms with E-state index in [-0.39, 0.29) is 0 Å². The molecule has 10 aromatic rings. The molecule has 2 nitrogen and oxygen atoms in total. The molecule has 0 aliphatic heterocycles. The van der Waals surface area contributed by atoms with Gasteiger partial charge in [-0.25, -0.2) is 0 Å². The second-order valence-electron chi connectivity index (χ2n) is 13.8. The molecule has 0 atom stereocenters. The van der Waals surface area contributed by atoms with Crippen LogP contribution < -0.4 is 4.90 Å². The molecule has 0 N–H and O–H groups in total. The smallest absolute Gasteiger partial charge is 0.0562 e. The van der Waals surface area contributed by atoms with Crippen LogP contribution in [0.1, 0.15) is 0 Å². The molecule has 0 saturated heterocycles. The topological polar surface area (TPSA) is 8.17 Å². The van der Waals surface area contributed by atoms with Crippen LogP contribution in [0.4, 0.5) is 17.1 Å². The number of aromatic nitrogens is 1. The van der Waals surface area contributed by atoms with Gasteiger partial charge >= 0.3 is 0 Å². The Morgan fingerprint density at radius 1 is 0.315 bits per heavy atom. The molecule has 9 aromatic carbocycles. The summed E-state index contributed by atoms with van der Waals surface area (Å²) in [4.78, 5) is 2.38. The van der Waals surface area contributed by atoms with E-state index in [0.717, 1.165) is 28.3 Å². The average Bonchev–Trinajstić information content (AvgIpc) is 3.59. The van der Waals surface area contributed by atoms with Crippen molar-refractivity contribution in [3.05, 3.63) is 218 Å². The van der Waals surface area contributed by atoms with Crippen molar-refractivity contribution >= 4 is 49.6 Å². The van der Waals surface area contributed by atoms with Crippen molar-refractivity contribution in [3.63, 3.8) is 0 Å². The standard InChI is InChI=1S/C52H36N2/c1-4-14-37(15-5-1)38-26-30-43(31-27-38)53(44-32-28-41(29-33-44)47-23-12-19-39-18-10-11-22-46(39)47)45-34-35-49-51(36-45)54(42-20-8-3-9-21-42)50-25-13-24-48(52(49)50)40-16-6-2-7-17-40/h1-36H. The molecule has 0 aliphatic rings. The van der Waals surface area contributed by atoms with Gasteiger partial charge in [0.25, 0.3) is 0 Å². The summed E-state index contributed by atoms with van der Waals surface area (Å²) in [6.07, 6.45) is 0. The number of nitrogens with zero attached hydrogens (tertiary/aromatic N) is 2. The van der Waals surface area contributed by atoms with Crippen LogP contribution in [-0.2, 0) is 0 Å². The van der Waals surface area contributed by atoms with Crippen molar-refractivity contribution in [2.45, 2.75) is 0 Å². The van der Waals surface area contributed by atoms with Gasteiger partial charge < -0.3 is 9.47 Å². The Labute approximate surface area is 315 Å². The van der Waals surface area contributed by atoms with E-state index in [0.29, 0.717) is 0 Å². The van der Waals surface area contributed by atoms with Crippen LogP contribution in [0.5, 0.6) is 0 Å². The maximum atomic E-state index is 2.42. The first-order valence-corrected chi connectivity index (χ1v) is 18.5. The van der Waals surface area contributed by atoms with Crippen LogP contribution in [0.3, 0.4) is 0 Å². The summed E-state index contributed by atoms with van der Waals surface area (Å²) in [7, 11) is 0. The number of para-hydroxylation sites is 1. The molecular formula is C52H36N2. The second kappa shape index (κ2) is 13.4. The van der Waals surface area contributed by atoms with Gasteiger partial charge in [0.2, 0.25) is 0 Å². The minimum atomic E-state index is 1.09. The Hall–Kier alpha value is -7.16. The van der Waals surface area contributed by atoms with Crippen LogP contribution in [0.2, 0.25) is 0 Å². The highest BCUT2D eigenvalue weighted by molar-refractivity contribution is 6.16. The number of fused-ring (bicyclic) bond motifs is 4. The predicted octanol–water partition coefficient (Wildman–Crippen LogP) is 14.4. The number of rotatable bonds is 7. The van der Waals surface area contributed by atoms with E-state index in [4.69, 9.17) is 0 Å². The lowest BCUT2D eigenvalue weighted by Crippen LogP contribution is -2.10. The van der Waals surface area contributed by atoms with Gasteiger partial charge in [0.05, 0.1) is 11.0 Å². The molecule has 0 saturated carbocycles. The minimum Gasteiger partial charge on any atom is -0.310 e. The third-order valence-corrected chi connectivity index (χ3v) is 10.6. The third-order valence-electron chi connectivity index (χ3n) is 10.6. The molecule has 0 fully saturated rings. The van der Waals surface area contributed by atoms with Crippen molar-refractivity contribution in [2.75, 3.05) is 4.90 Å². The minimum absolute atomic E-state index is 1.09. The third kappa shape index (κ3) is 5.53. The SMILES string of the molecule is c1ccc(-c2ccc(N(c3ccc(-c4cccc5ccccc45)cc3)c3ccc4c5c(-c6ccccc6)cccc5n(-c5ccccc5)c4c3)cc2)cc1. The maximum absolute atomic E-state index is 2.42. The Morgan fingerprint density at radius 2 is 0.833 bits per heavy atom. The molecule has 0 aliphatic carbocycles. The highest BCUT2D eigenvalue weighted by atomic mass is 15.1. The van der Waals surface area contributed by atoms with Gasteiger partial charge in [0.15, 0.2) is 0 Å². The summed E-state index contributed by atoms with van der Waals surface area (Å²) in [6.45, 7) is 0. The maximum Gasteiger partial charge on any atom is 0.0562 e. The van der Waals surface area contributed by atoms with Gasteiger partial charge in [0, 0.05) is 33.5 Å². The Kier molecular flexibility index (Phi) is 7.85. The van der Waals surface area contributed by atoms with Crippen LogP contribution in [0.15, 0.2) is 218 Å². The normalized spacial score (nSPS) is 11.3. The van der Waals surface area contributed by atoms with Crippen LogP contribution >= 0.6 is 0 Å². The van der Waals surface area contributed by atoms with Crippen LogP contribution in [-0.4, -0.2) is 4.57 Å². The average molecular weight is 689 g/mol. The Morgan fingerprint density at radius 3 is 1.56 bits per heavy atom. The summed E-state index contributed by atoms with van der Waals surface area (Å²) in [5.41, 5.74) is 14.1. The first kappa shape index (κ1) is 31.6. The van der Waals surface area contributed by atoms with Crippen molar-refractivity contribution in [1.82, 2.24) is 4.57 Å². The van der Waals surface area contributed by atoms with Crippen molar-refractivity contribution < 1.29 is 0 Å². The molecule has 0 spiro atoms. The summed E-state index contributed by atoms with van der Waals surface area (Å²) in [5, 5.41) is 4.99. The predicted molar refractivity (Wildman–Crippen MR) is 229 cm³/mol. The number of anilines is 3. The highest BCUT2D eigenvalue weighted by Crippen LogP contribution is 2.43. The van der Waals surface area contributed by atoms with Gasteiger partial charge in [-0.2, -0.15) is 0 Å². The molecule has 254 valence electrons. The molecule has 0 amide bonds. The van der Waals surface area contributed by atoms with Gasteiger partial charge in [-0.15, -0.1) is 0 Å². The van der Waals surface area contributed by atoms with Gasteiger partial charge in [-0.3, -0.25) is 0 Å². The first-order valence-electron chi connectivity index (χ1n) is 18.5. The molecule has 54 heavy (non-hydrogen) atoms. The number of hydrogen-bond donors (Lipinski definition) is 0. The lowest BCUT2D eigenvalue weighted by atomic mass is 9.98. The molecule has 10 rings (SSSR count). The molecule has 1 aromatic heterocycles. The fraction of sp³-hybridized carbons (Fsp3) is 0. The largest absolute Gasteiger partial charge is 0.310 e. The fourth-order valence-electron chi connectivity index (χ4n) is 8.06. The van der Waals surface area contributed by atoms with Crippen molar-refractivity contribution in [2.24, 2.45) is 0 Å². The van der Waals surface area contributed by atoms with E-state index < -0.39 is 0 Å². The van der Waals surface area contributed by atoms with Gasteiger partial charge in [-0.05, 0) is 98.8 Å². The number of hydrogen-bond acceptors (Lipinski definition) is 1. The highest BCUT2D eigenvalue weighted by Gasteiger charge is 2.20. The van der Waals surface area contributed by atoms with Gasteiger partial charge in [-0.1, -0.05) is 164 Å². The monoisotopic (exact) mass is 688 g/mol. The lowest BCUT2D eigenvalue weighted by molar-refractivity contribution is 1.18. The zero-order valence-corrected chi connectivity index (χ0v) is 29.7. The zero-order chi connectivity index (χ0) is 35.8. The number of benzene rings is 9. The summed E-state index contributed by atoms with van der Waals surface area (Å²) in [6, 6.07) is 78.8. The summed E-state index contributed by atoms with van der Waals surface area (Å²) < 4.78 is 2.42. The Bertz CT molecular complexity index is 2890. The van der Waals surface area contributed by atoms with E-state index >= 15 is 0 Å². The van der Waals surface area contributed by atoms with Crippen molar-refractivity contribution in [3.8, 4) is 39.1 Å².